The average molecular weight is 574 g/mol. The molecule has 3 saturated heterocycles. The molecule has 3 aliphatic rings. The number of benzene rings is 2. The number of hydrogen-bond donors (Lipinski definition) is 0. The summed E-state index contributed by atoms with van der Waals surface area (Å²) in [6, 6.07) is 20.7. The summed E-state index contributed by atoms with van der Waals surface area (Å²) >= 11 is 6.51. The number of carbonyl (C=O) groups is 1. The molecule has 3 aliphatic heterocycles. The number of aryl methyl sites for hydroxylation is 1. The van der Waals surface area contributed by atoms with E-state index < -0.39 is 5.60 Å². The molecule has 0 spiro atoms. The Morgan fingerprint density at radius 3 is 2.41 bits per heavy atom. The van der Waals surface area contributed by atoms with Crippen molar-refractivity contribution in [2.45, 2.75) is 102 Å². The van der Waals surface area contributed by atoms with Crippen LogP contribution in [0.25, 0.3) is 10.9 Å². The molecule has 0 N–H and O–H groups in total. The molecular formula is C35H44ClN3O2. The van der Waals surface area contributed by atoms with Crippen molar-refractivity contribution in [3.05, 3.63) is 76.4 Å². The lowest BCUT2D eigenvalue weighted by molar-refractivity contribution is 0.0145. The second kappa shape index (κ2) is 11.2. The largest absolute Gasteiger partial charge is 0.444 e. The molecular weight excluding hydrogens is 530 g/mol. The van der Waals surface area contributed by atoms with Crippen molar-refractivity contribution in [1.82, 2.24) is 14.8 Å². The lowest BCUT2D eigenvalue weighted by Gasteiger charge is -2.45. The maximum Gasteiger partial charge on any atom is 0.410 e. The fourth-order valence-corrected chi connectivity index (χ4v) is 8.05. The van der Waals surface area contributed by atoms with E-state index in [0.717, 1.165) is 42.0 Å². The fraction of sp³-hybridized carbons (Fsp3) is 0.543. The van der Waals surface area contributed by atoms with Gasteiger partial charge in [0.05, 0.1) is 5.52 Å². The van der Waals surface area contributed by atoms with Crippen LogP contribution < -0.4 is 0 Å². The average Bonchev–Trinajstić information content (AvgIpc) is 3.17. The summed E-state index contributed by atoms with van der Waals surface area (Å²) in [4.78, 5) is 22.4. The Labute approximate surface area is 250 Å². The molecule has 2 aromatic carbocycles. The lowest BCUT2D eigenvalue weighted by Crippen LogP contribution is -2.49. The number of rotatable bonds is 5. The van der Waals surface area contributed by atoms with Crippen LogP contribution in [0.3, 0.4) is 0 Å². The van der Waals surface area contributed by atoms with Gasteiger partial charge in [-0.05, 0) is 126 Å². The SMILES string of the molecule is Cc1cc(C2CC3CC[C@@H](C2)N3CCC2(c3cccc(Cl)c3)CCN(C(=O)OC(C)(C)C)CC2)c2ccccc2n1. The Morgan fingerprint density at radius 1 is 1.02 bits per heavy atom. The van der Waals surface area contributed by atoms with Crippen LogP contribution in [0.2, 0.25) is 5.02 Å². The molecule has 2 unspecified atom stereocenters. The van der Waals surface area contributed by atoms with Gasteiger partial charge in [0.2, 0.25) is 0 Å². The third-order valence-corrected chi connectivity index (χ3v) is 10.1. The van der Waals surface area contributed by atoms with Gasteiger partial charge in [-0.1, -0.05) is 41.9 Å². The highest BCUT2D eigenvalue weighted by Gasteiger charge is 2.44. The molecule has 41 heavy (non-hydrogen) atoms. The molecule has 3 aromatic rings. The Morgan fingerprint density at radius 2 is 1.73 bits per heavy atom. The van der Waals surface area contributed by atoms with Crippen LogP contribution in [0.4, 0.5) is 4.79 Å². The number of ether oxygens (including phenoxy) is 1. The summed E-state index contributed by atoms with van der Waals surface area (Å²) in [6.07, 6.45) is 7.78. The molecule has 4 heterocycles. The second-order valence-corrected chi connectivity index (χ2v) is 14.1. The van der Waals surface area contributed by atoms with Crippen LogP contribution in [-0.4, -0.2) is 58.2 Å². The van der Waals surface area contributed by atoms with Crippen molar-refractivity contribution in [2.75, 3.05) is 19.6 Å². The van der Waals surface area contributed by atoms with Gasteiger partial charge in [-0.25, -0.2) is 4.79 Å². The molecule has 1 aromatic heterocycles. The van der Waals surface area contributed by atoms with E-state index >= 15 is 0 Å². The number of hydrogen-bond acceptors (Lipinski definition) is 4. The van der Waals surface area contributed by atoms with E-state index in [1.807, 2.05) is 31.7 Å². The molecule has 3 atom stereocenters. The van der Waals surface area contributed by atoms with Gasteiger partial charge in [0, 0.05) is 41.3 Å². The molecule has 6 heteroatoms. The standard InChI is InChI=1S/C35H44ClN3O2/c1-24-20-31(30-10-5-6-11-32(30)37-24)25-21-28-12-13-29(22-25)39(28)19-16-35(26-8-7-9-27(36)23-26)14-17-38(18-15-35)33(40)41-34(2,3)4/h5-11,20,23,25,28-29H,12-19,21-22H2,1-4H3/t25?,28-,29?/m0/s1. The molecule has 2 bridgehead atoms. The minimum Gasteiger partial charge on any atom is -0.444 e. The normalized spacial score (nSPS) is 24.5. The molecule has 5 nitrogen and oxygen atoms in total. The van der Waals surface area contributed by atoms with Gasteiger partial charge in [0.25, 0.3) is 0 Å². The van der Waals surface area contributed by atoms with Gasteiger partial charge in [-0.2, -0.15) is 0 Å². The number of likely N-dealkylation sites (tertiary alicyclic amines) is 1. The highest BCUT2D eigenvalue weighted by atomic mass is 35.5. The van der Waals surface area contributed by atoms with Crippen molar-refractivity contribution in [1.29, 1.82) is 0 Å². The number of carbonyl (C=O) groups excluding carboxylic acids is 1. The Bertz CT molecular complexity index is 1390. The van der Waals surface area contributed by atoms with Gasteiger partial charge < -0.3 is 9.64 Å². The number of aromatic nitrogens is 1. The van der Waals surface area contributed by atoms with Gasteiger partial charge >= 0.3 is 6.09 Å². The van der Waals surface area contributed by atoms with E-state index in [2.05, 4.69) is 60.4 Å². The minimum absolute atomic E-state index is 0.0120. The van der Waals surface area contributed by atoms with E-state index in [1.54, 1.807) is 0 Å². The Balaban J connectivity index is 1.18. The van der Waals surface area contributed by atoms with E-state index in [9.17, 15) is 4.79 Å². The van der Waals surface area contributed by atoms with Gasteiger partial charge in [-0.15, -0.1) is 0 Å². The van der Waals surface area contributed by atoms with Crippen LogP contribution in [-0.2, 0) is 10.2 Å². The van der Waals surface area contributed by atoms with Crippen LogP contribution in [0.1, 0.15) is 88.5 Å². The first kappa shape index (κ1) is 28.5. The van der Waals surface area contributed by atoms with Crippen LogP contribution in [0.5, 0.6) is 0 Å². The first-order valence-corrected chi connectivity index (χ1v) is 15.8. The first-order valence-electron chi connectivity index (χ1n) is 15.5. The van der Waals surface area contributed by atoms with Crippen molar-refractivity contribution >= 4 is 28.6 Å². The van der Waals surface area contributed by atoms with Crippen molar-refractivity contribution in [2.24, 2.45) is 0 Å². The summed E-state index contributed by atoms with van der Waals surface area (Å²) in [5.74, 6) is 0.592. The Hall–Kier alpha value is -2.63. The highest BCUT2D eigenvalue weighted by molar-refractivity contribution is 6.30. The molecule has 6 rings (SSSR count). The summed E-state index contributed by atoms with van der Waals surface area (Å²) in [5.41, 5.74) is 4.58. The number of para-hydroxylation sites is 1. The number of fused-ring (bicyclic) bond motifs is 3. The third kappa shape index (κ3) is 5.99. The molecule has 218 valence electrons. The van der Waals surface area contributed by atoms with Crippen molar-refractivity contribution < 1.29 is 9.53 Å². The Kier molecular flexibility index (Phi) is 7.80. The summed E-state index contributed by atoms with van der Waals surface area (Å²) < 4.78 is 5.70. The van der Waals surface area contributed by atoms with Crippen LogP contribution >= 0.6 is 11.6 Å². The maximum atomic E-state index is 12.8. The summed E-state index contributed by atoms with van der Waals surface area (Å²) in [6.45, 7) is 10.4. The van der Waals surface area contributed by atoms with E-state index in [4.69, 9.17) is 21.3 Å². The van der Waals surface area contributed by atoms with Crippen LogP contribution in [0, 0.1) is 6.92 Å². The zero-order valence-corrected chi connectivity index (χ0v) is 25.8. The van der Waals surface area contributed by atoms with Gasteiger partial charge in [0.1, 0.15) is 5.60 Å². The first-order chi connectivity index (χ1) is 19.6. The second-order valence-electron chi connectivity index (χ2n) is 13.7. The number of amides is 1. The monoisotopic (exact) mass is 573 g/mol. The number of halogens is 1. The van der Waals surface area contributed by atoms with Gasteiger partial charge in [-0.3, -0.25) is 9.88 Å². The van der Waals surface area contributed by atoms with Crippen LogP contribution in [0.15, 0.2) is 54.6 Å². The van der Waals surface area contributed by atoms with Crippen molar-refractivity contribution in [3.63, 3.8) is 0 Å². The lowest BCUT2D eigenvalue weighted by atomic mass is 9.70. The smallest absolute Gasteiger partial charge is 0.410 e. The predicted molar refractivity (Wildman–Crippen MR) is 167 cm³/mol. The number of pyridine rings is 1. The fourth-order valence-electron chi connectivity index (χ4n) is 7.86. The minimum atomic E-state index is -0.481. The quantitative estimate of drug-likeness (QED) is 0.308. The van der Waals surface area contributed by atoms with Crippen molar-refractivity contribution in [3.8, 4) is 0 Å². The summed E-state index contributed by atoms with van der Waals surface area (Å²) in [5, 5.41) is 2.12. The molecule has 3 fully saturated rings. The van der Waals surface area contributed by atoms with E-state index in [1.165, 1.54) is 42.2 Å². The summed E-state index contributed by atoms with van der Waals surface area (Å²) in [7, 11) is 0. The maximum absolute atomic E-state index is 12.8. The number of nitrogens with zero attached hydrogens (tertiary/aromatic N) is 3. The molecule has 0 radical (unpaired) electrons. The molecule has 0 saturated carbocycles. The van der Waals surface area contributed by atoms with E-state index in [0.29, 0.717) is 31.1 Å². The molecule has 0 aliphatic carbocycles. The third-order valence-electron chi connectivity index (χ3n) is 9.86. The van der Waals surface area contributed by atoms with E-state index in [-0.39, 0.29) is 11.5 Å². The zero-order chi connectivity index (χ0) is 28.8. The molecule has 1 amide bonds. The van der Waals surface area contributed by atoms with Gasteiger partial charge in [0.15, 0.2) is 0 Å². The topological polar surface area (TPSA) is 45.7 Å². The highest BCUT2D eigenvalue weighted by Crippen LogP contribution is 2.46. The number of piperidine rings is 2. The zero-order valence-electron chi connectivity index (χ0n) is 25.0. The predicted octanol–water partition coefficient (Wildman–Crippen LogP) is 8.27.